The first-order chi connectivity index (χ1) is 27.0. The van der Waals surface area contributed by atoms with Crippen molar-refractivity contribution in [2.24, 2.45) is 10.1 Å². The van der Waals surface area contributed by atoms with Crippen LogP contribution in [0.25, 0.3) is 11.4 Å². The lowest BCUT2D eigenvalue weighted by Gasteiger charge is -2.23. The predicted octanol–water partition coefficient (Wildman–Crippen LogP) is 4.21. The van der Waals surface area contributed by atoms with Crippen LogP contribution < -0.4 is 25.0 Å². The van der Waals surface area contributed by atoms with Crippen molar-refractivity contribution in [1.82, 2.24) is 30.2 Å². The number of phenols is 2. The molecule has 1 saturated heterocycles. The number of aryl methyl sites for hydroxylation is 1. The summed E-state index contributed by atoms with van der Waals surface area (Å²) in [5.74, 6) is -0.593. The first-order valence-corrected chi connectivity index (χ1v) is 22.7. The number of fused-ring (bicyclic) bond motifs is 1. The van der Waals surface area contributed by atoms with E-state index >= 15 is 0 Å². The Morgan fingerprint density at radius 2 is 1.74 bits per heavy atom. The van der Waals surface area contributed by atoms with Crippen LogP contribution in [-0.2, 0) is 24.8 Å². The lowest BCUT2D eigenvalue weighted by atomic mass is 10.1. The molecule has 4 aromatic rings. The van der Waals surface area contributed by atoms with E-state index in [4.69, 9.17) is 4.99 Å². The Bertz CT molecular complexity index is 2530. The molecule has 58 heavy (non-hydrogen) atoms. The minimum atomic E-state index is -4.32. The van der Waals surface area contributed by atoms with Crippen molar-refractivity contribution in [2.75, 3.05) is 42.1 Å². The van der Waals surface area contributed by atoms with E-state index in [0.29, 0.717) is 36.4 Å². The molecule has 6 rings (SSSR count). The maximum absolute atomic E-state index is 14.0. The number of aliphatic imine (C=N–C) groups is 1. The summed E-state index contributed by atoms with van der Waals surface area (Å²) in [6.07, 6.45) is 1.11. The van der Waals surface area contributed by atoms with Crippen molar-refractivity contribution in [3.05, 3.63) is 71.5 Å². The maximum atomic E-state index is 14.0. The van der Waals surface area contributed by atoms with E-state index in [1.165, 1.54) is 35.0 Å². The fraction of sp³-hybridized carbons (Fsp3) is 0.395. The van der Waals surface area contributed by atoms with Gasteiger partial charge in [0.25, 0.3) is 15.9 Å². The van der Waals surface area contributed by atoms with Gasteiger partial charge in [0.05, 0.1) is 27.9 Å². The molecule has 0 aliphatic carbocycles. The number of nitrogens with one attached hydrogen (secondary N) is 4. The number of hydrogen-bond donors (Lipinski definition) is 6. The third-order valence-corrected chi connectivity index (χ3v) is 12.6. The second-order valence-corrected chi connectivity index (χ2v) is 21.0. The number of anilines is 2. The molecule has 1 unspecified atom stereocenters. The zero-order valence-corrected chi connectivity index (χ0v) is 35.9. The number of carbonyl (C=O) groups is 1. The van der Waals surface area contributed by atoms with Gasteiger partial charge in [-0.05, 0) is 103 Å². The smallest absolute Gasteiger partial charge is 0.274 e. The summed E-state index contributed by atoms with van der Waals surface area (Å²) in [4.78, 5) is 20.4. The molecule has 3 heterocycles. The highest BCUT2D eigenvalue weighted by Gasteiger charge is 2.37. The van der Waals surface area contributed by atoms with Crippen molar-refractivity contribution >= 4 is 66.2 Å². The zero-order chi connectivity index (χ0) is 42.4. The monoisotopic (exact) mass is 852 g/mol. The minimum absolute atomic E-state index is 0.0269. The van der Waals surface area contributed by atoms with Crippen molar-refractivity contribution in [1.29, 1.82) is 0 Å². The number of benzene rings is 3. The van der Waals surface area contributed by atoms with E-state index in [-0.39, 0.29) is 67.4 Å². The van der Waals surface area contributed by atoms with Gasteiger partial charge < -0.3 is 25.7 Å². The van der Waals surface area contributed by atoms with Crippen molar-refractivity contribution in [2.45, 2.75) is 69.0 Å². The number of thioether (sulfide) groups is 1. The van der Waals surface area contributed by atoms with Gasteiger partial charge in [0.2, 0.25) is 15.8 Å². The first-order valence-electron chi connectivity index (χ1n) is 18.4. The first kappa shape index (κ1) is 42.6. The third-order valence-electron chi connectivity index (χ3n) is 9.09. The number of aromatic nitrogens is 3. The number of carbonyl (C=O) groups excluding carboxylic acids is 1. The van der Waals surface area contributed by atoms with E-state index in [0.717, 1.165) is 11.9 Å². The fourth-order valence-corrected chi connectivity index (χ4v) is 9.31. The van der Waals surface area contributed by atoms with Gasteiger partial charge in [0, 0.05) is 59.3 Å². The summed E-state index contributed by atoms with van der Waals surface area (Å²) in [6, 6.07) is 13.9. The standard InChI is InChI=1S/C38H48N10O7S3/c1-9-47(17-16-40-57(8,52)53)24-12-10-23(11-13-24)41-31-32(35(51)42-37(3,4)5)45-48-33(43-44-34(31)48)30-22(2)18-25(49)19-28(30)46-58(54,55)26-14-15-29(50)27(20-26)36-39-21-38(6,7)56-36/h10-15,18-20,36,39-40,46,49-50H,9,16-17,21H2,1-8H3,(H,42,51). The van der Waals surface area contributed by atoms with E-state index in [1.54, 1.807) is 30.8 Å². The normalized spacial score (nSPS) is 17.3. The van der Waals surface area contributed by atoms with E-state index in [9.17, 15) is 31.8 Å². The lowest BCUT2D eigenvalue weighted by molar-refractivity contribution is -0.115. The largest absolute Gasteiger partial charge is 0.508 e. The van der Waals surface area contributed by atoms with Crippen molar-refractivity contribution < 1.29 is 31.8 Å². The summed E-state index contributed by atoms with van der Waals surface area (Å²) in [5.41, 5.74) is 1.79. The number of nitrogens with zero attached hydrogens (tertiary/aromatic N) is 6. The number of sulfonamides is 2. The van der Waals surface area contributed by atoms with Crippen LogP contribution in [0.1, 0.15) is 63.9 Å². The fourth-order valence-electron chi connectivity index (χ4n) is 6.46. The van der Waals surface area contributed by atoms with Gasteiger partial charge in [-0.25, -0.2) is 26.6 Å². The summed E-state index contributed by atoms with van der Waals surface area (Å²) in [6.45, 7) is 15.2. The zero-order valence-electron chi connectivity index (χ0n) is 33.4. The molecule has 6 N–H and O–H groups in total. The Balaban J connectivity index is 1.37. The molecule has 20 heteroatoms. The van der Waals surface area contributed by atoms with Crippen molar-refractivity contribution in [3.63, 3.8) is 0 Å². The van der Waals surface area contributed by atoms with Crippen LogP contribution in [0, 0.1) is 6.92 Å². The molecule has 0 spiro atoms. The van der Waals surface area contributed by atoms with E-state index in [1.807, 2.05) is 44.7 Å². The van der Waals surface area contributed by atoms with Crippen LogP contribution >= 0.6 is 11.8 Å². The van der Waals surface area contributed by atoms with Crippen LogP contribution in [0.15, 0.2) is 69.6 Å². The highest BCUT2D eigenvalue weighted by atomic mass is 32.2. The molecule has 0 bridgehead atoms. The number of likely N-dealkylation sites (N-methyl/N-ethyl adjacent to an activating group) is 1. The Hall–Kier alpha value is -5.02. The highest BCUT2D eigenvalue weighted by molar-refractivity contribution is 8.01. The number of hydrogen-bond acceptors (Lipinski definition) is 14. The Morgan fingerprint density at radius 3 is 2.36 bits per heavy atom. The molecular weight excluding hydrogens is 805 g/mol. The predicted molar refractivity (Wildman–Crippen MR) is 227 cm³/mol. The van der Waals surface area contributed by atoms with Gasteiger partial charge in [-0.15, -0.1) is 22.0 Å². The molecular formula is C38H48N10O7S3. The quantitative estimate of drug-likeness (QED) is 0.111. The molecule has 3 aromatic carbocycles. The van der Waals surface area contributed by atoms with Crippen LogP contribution in [0.3, 0.4) is 0 Å². The number of amides is 1. The lowest BCUT2D eigenvalue weighted by Crippen LogP contribution is -2.45. The van der Waals surface area contributed by atoms with Crippen LogP contribution in [0.4, 0.5) is 17.1 Å². The molecule has 0 radical (unpaired) electrons. The Labute approximate surface area is 342 Å². The number of rotatable bonds is 13. The molecule has 1 aromatic heterocycles. The summed E-state index contributed by atoms with van der Waals surface area (Å²) < 4.78 is 57.4. The van der Waals surface area contributed by atoms with E-state index < -0.39 is 31.5 Å². The SMILES string of the molecule is CCN(CCNS(C)(=O)=O)c1ccc(N=C2C(C(=O)NC(C)(C)C)=Nn3c2nnc3-c2c(C)cc(O)cc2NS(=O)(=O)c2ccc(O)c(C3NCC(C)(C)S3)c2)cc1. The maximum Gasteiger partial charge on any atom is 0.274 e. The number of aromatic hydroxyl groups is 2. The van der Waals surface area contributed by atoms with Gasteiger partial charge in [0.15, 0.2) is 11.5 Å². The average Bonchev–Trinajstić information content (AvgIpc) is 3.79. The molecule has 2 aliphatic rings. The third kappa shape index (κ3) is 9.63. The molecule has 17 nitrogen and oxygen atoms in total. The average molecular weight is 853 g/mol. The van der Waals surface area contributed by atoms with Gasteiger partial charge in [-0.3, -0.25) is 9.52 Å². The number of phenolic OH excluding ortho intramolecular Hbond substituents is 2. The van der Waals surface area contributed by atoms with Gasteiger partial charge >= 0.3 is 0 Å². The summed E-state index contributed by atoms with van der Waals surface area (Å²) >= 11 is 1.58. The van der Waals surface area contributed by atoms with Crippen LogP contribution in [-0.4, -0.2) is 102 Å². The van der Waals surface area contributed by atoms with Gasteiger partial charge in [-0.2, -0.15) is 9.78 Å². The topological polar surface area (TPSA) is 233 Å². The molecule has 1 atom stereocenters. The molecule has 1 amide bonds. The second kappa shape index (κ2) is 16.0. The van der Waals surface area contributed by atoms with Crippen molar-refractivity contribution in [3.8, 4) is 22.9 Å². The molecule has 1 fully saturated rings. The molecule has 0 saturated carbocycles. The second-order valence-electron chi connectivity index (χ2n) is 15.7. The Morgan fingerprint density at radius 1 is 1.05 bits per heavy atom. The molecule has 310 valence electrons. The van der Waals surface area contributed by atoms with E-state index in [2.05, 4.69) is 49.2 Å². The van der Waals surface area contributed by atoms with Gasteiger partial charge in [0.1, 0.15) is 17.2 Å². The minimum Gasteiger partial charge on any atom is -0.508 e. The summed E-state index contributed by atoms with van der Waals surface area (Å²) in [7, 11) is -7.65. The van der Waals surface area contributed by atoms with Gasteiger partial charge in [-0.1, -0.05) is 0 Å². The Kier molecular flexibility index (Phi) is 11.7. The van der Waals surface area contributed by atoms with Crippen LogP contribution in [0.2, 0.25) is 0 Å². The molecule has 2 aliphatic heterocycles. The summed E-state index contributed by atoms with van der Waals surface area (Å²) in [5, 5.41) is 40.7. The van der Waals surface area contributed by atoms with Crippen LogP contribution in [0.5, 0.6) is 11.5 Å². The highest BCUT2D eigenvalue weighted by Crippen LogP contribution is 2.45.